The zero-order chi connectivity index (χ0) is 22.1. The number of hydrogen-bond donors (Lipinski definition) is 0. The van der Waals surface area contributed by atoms with Crippen LogP contribution in [0.2, 0.25) is 0 Å². The Bertz CT molecular complexity index is 952. The number of aliphatic imine (C=N–C) groups is 1. The van der Waals surface area contributed by atoms with Crippen molar-refractivity contribution in [2.24, 2.45) is 10.9 Å². The van der Waals surface area contributed by atoms with Crippen molar-refractivity contribution in [3.8, 4) is 0 Å². The van der Waals surface area contributed by atoms with Crippen LogP contribution in [-0.4, -0.2) is 45.0 Å². The summed E-state index contributed by atoms with van der Waals surface area (Å²) in [6, 6.07) is 10.9. The topological polar surface area (TPSA) is 68.0 Å². The fraction of sp³-hybridized carbons (Fsp3) is 0.522. The van der Waals surface area contributed by atoms with E-state index >= 15 is 0 Å². The zero-order valence-corrected chi connectivity index (χ0v) is 19.4. The summed E-state index contributed by atoms with van der Waals surface area (Å²) in [5.74, 6) is 1.39. The van der Waals surface area contributed by atoms with Crippen LogP contribution in [0.3, 0.4) is 0 Å². The molecule has 0 amide bonds. The van der Waals surface area contributed by atoms with Crippen LogP contribution in [-0.2, 0) is 4.74 Å². The van der Waals surface area contributed by atoms with E-state index in [1.807, 2.05) is 18.2 Å². The number of fused-ring (bicyclic) bond motifs is 1. The number of benzene rings is 2. The SMILES string of the molecule is CC(C)CN1/C(=N/c2ccc([N+](=O)[O-])c3ccccc23)SC[C@H]1[C@H](C)OC(C)(C)C. The van der Waals surface area contributed by atoms with E-state index in [2.05, 4.69) is 46.4 Å². The minimum absolute atomic E-state index is 0.0672. The van der Waals surface area contributed by atoms with Gasteiger partial charge < -0.3 is 9.64 Å². The van der Waals surface area contributed by atoms with Gasteiger partial charge in [0.25, 0.3) is 5.69 Å². The quantitative estimate of drug-likeness (QED) is 0.415. The van der Waals surface area contributed by atoms with Crippen LogP contribution in [0, 0.1) is 16.0 Å². The van der Waals surface area contributed by atoms with Crippen molar-refractivity contribution in [1.29, 1.82) is 0 Å². The summed E-state index contributed by atoms with van der Waals surface area (Å²) >= 11 is 1.73. The number of nitro groups is 1. The molecule has 0 spiro atoms. The molecule has 0 radical (unpaired) electrons. The maximum absolute atomic E-state index is 11.4. The van der Waals surface area contributed by atoms with Crippen molar-refractivity contribution < 1.29 is 9.66 Å². The van der Waals surface area contributed by atoms with Crippen molar-refractivity contribution >= 4 is 39.1 Å². The van der Waals surface area contributed by atoms with Gasteiger partial charge in [0.2, 0.25) is 0 Å². The first-order valence-corrected chi connectivity index (χ1v) is 11.4. The number of thioether (sulfide) groups is 1. The second-order valence-electron chi connectivity index (χ2n) is 9.16. The highest BCUT2D eigenvalue weighted by atomic mass is 32.2. The van der Waals surface area contributed by atoms with Crippen LogP contribution in [0.4, 0.5) is 11.4 Å². The molecular weight excluding hydrogens is 398 g/mol. The van der Waals surface area contributed by atoms with Crippen molar-refractivity contribution in [2.75, 3.05) is 12.3 Å². The Balaban J connectivity index is 2.00. The van der Waals surface area contributed by atoms with Gasteiger partial charge in [-0.3, -0.25) is 10.1 Å². The maximum Gasteiger partial charge on any atom is 0.277 e. The lowest BCUT2D eigenvalue weighted by Crippen LogP contribution is -2.46. The highest BCUT2D eigenvalue weighted by molar-refractivity contribution is 8.14. The van der Waals surface area contributed by atoms with Gasteiger partial charge in [0, 0.05) is 23.8 Å². The fourth-order valence-corrected chi connectivity index (χ4v) is 5.14. The van der Waals surface area contributed by atoms with Gasteiger partial charge in [0.15, 0.2) is 5.17 Å². The molecule has 0 unspecified atom stereocenters. The average Bonchev–Trinajstić information content (AvgIpc) is 3.02. The van der Waals surface area contributed by atoms with Gasteiger partial charge in [-0.25, -0.2) is 4.99 Å². The summed E-state index contributed by atoms with van der Waals surface area (Å²) in [5, 5.41) is 13.8. The van der Waals surface area contributed by atoms with Crippen molar-refractivity contribution in [1.82, 2.24) is 4.90 Å². The molecule has 0 N–H and O–H groups in total. The molecule has 0 aliphatic carbocycles. The first kappa shape index (κ1) is 22.6. The third-order valence-corrected chi connectivity index (χ3v) is 6.06. The number of nitrogens with zero attached hydrogens (tertiary/aromatic N) is 3. The molecule has 1 saturated heterocycles. The maximum atomic E-state index is 11.4. The Morgan fingerprint density at radius 1 is 1.20 bits per heavy atom. The number of hydrogen-bond acceptors (Lipinski definition) is 5. The lowest BCUT2D eigenvalue weighted by atomic mass is 10.1. The van der Waals surface area contributed by atoms with Gasteiger partial charge in [-0.15, -0.1) is 0 Å². The second kappa shape index (κ2) is 8.94. The summed E-state index contributed by atoms with van der Waals surface area (Å²) in [6.45, 7) is 13.7. The lowest BCUT2D eigenvalue weighted by Gasteiger charge is -2.35. The van der Waals surface area contributed by atoms with Gasteiger partial charge in [-0.05, 0) is 45.7 Å². The van der Waals surface area contributed by atoms with E-state index in [9.17, 15) is 10.1 Å². The molecule has 1 fully saturated rings. The normalized spacial score (nSPS) is 19.8. The minimum atomic E-state index is -0.337. The second-order valence-corrected chi connectivity index (χ2v) is 10.1. The van der Waals surface area contributed by atoms with Gasteiger partial charge in [0.05, 0.1) is 33.7 Å². The van der Waals surface area contributed by atoms with E-state index in [0.717, 1.165) is 28.5 Å². The van der Waals surface area contributed by atoms with E-state index < -0.39 is 0 Å². The van der Waals surface area contributed by atoms with E-state index in [-0.39, 0.29) is 28.4 Å². The number of non-ortho nitro benzene ring substituents is 1. The van der Waals surface area contributed by atoms with Crippen LogP contribution in [0.5, 0.6) is 0 Å². The first-order valence-electron chi connectivity index (χ1n) is 10.4. The highest BCUT2D eigenvalue weighted by Gasteiger charge is 2.36. The van der Waals surface area contributed by atoms with Gasteiger partial charge in [0.1, 0.15) is 0 Å². The van der Waals surface area contributed by atoms with Gasteiger partial charge >= 0.3 is 0 Å². The Kier molecular flexibility index (Phi) is 6.72. The molecule has 1 aliphatic heterocycles. The van der Waals surface area contributed by atoms with E-state index in [1.165, 1.54) is 0 Å². The Hall–Kier alpha value is -2.12. The molecule has 30 heavy (non-hydrogen) atoms. The fourth-order valence-electron chi connectivity index (χ4n) is 3.83. The largest absolute Gasteiger partial charge is 0.371 e. The third kappa shape index (κ3) is 5.13. The highest BCUT2D eigenvalue weighted by Crippen LogP contribution is 2.36. The standard InChI is InChI=1S/C23H31N3O3S/c1-15(2)13-25-21(16(3)29-23(4,5)6)14-30-22(25)24-19-11-12-20(26(27)28)18-10-8-7-9-17(18)19/h7-12,15-16,21H,13-14H2,1-6H3/b24-22-/t16-,21-/m0/s1. The lowest BCUT2D eigenvalue weighted by molar-refractivity contribution is -0.383. The van der Waals surface area contributed by atoms with Crippen LogP contribution in [0.25, 0.3) is 10.8 Å². The molecule has 7 heteroatoms. The minimum Gasteiger partial charge on any atom is -0.371 e. The molecule has 1 heterocycles. The monoisotopic (exact) mass is 429 g/mol. The van der Waals surface area contributed by atoms with Crippen LogP contribution < -0.4 is 0 Å². The Labute approximate surface area is 182 Å². The van der Waals surface area contributed by atoms with Crippen molar-refractivity contribution in [3.63, 3.8) is 0 Å². The van der Waals surface area contributed by atoms with Gasteiger partial charge in [-0.2, -0.15) is 0 Å². The van der Waals surface area contributed by atoms with Crippen LogP contribution >= 0.6 is 11.8 Å². The Morgan fingerprint density at radius 3 is 2.47 bits per heavy atom. The number of nitro benzene ring substituents is 1. The zero-order valence-electron chi connectivity index (χ0n) is 18.6. The summed E-state index contributed by atoms with van der Waals surface area (Å²) in [4.78, 5) is 18.4. The van der Waals surface area contributed by atoms with Crippen LogP contribution in [0.15, 0.2) is 41.4 Å². The smallest absolute Gasteiger partial charge is 0.277 e. The number of amidine groups is 1. The average molecular weight is 430 g/mol. The number of rotatable bonds is 6. The first-order chi connectivity index (χ1) is 14.1. The molecule has 162 valence electrons. The van der Waals surface area contributed by atoms with Gasteiger partial charge in [-0.1, -0.05) is 43.8 Å². The summed E-state index contributed by atoms with van der Waals surface area (Å²) in [5.41, 5.74) is 0.664. The predicted octanol–water partition coefficient (Wildman–Crippen LogP) is 6.01. The van der Waals surface area contributed by atoms with E-state index in [4.69, 9.17) is 9.73 Å². The summed E-state index contributed by atoms with van der Waals surface area (Å²) in [6.07, 6.45) is 0.0672. The molecular formula is C23H31N3O3S. The van der Waals surface area contributed by atoms with E-state index in [0.29, 0.717) is 11.3 Å². The van der Waals surface area contributed by atoms with Crippen molar-refractivity contribution in [2.45, 2.75) is 59.3 Å². The molecule has 2 aromatic carbocycles. The number of ether oxygens (including phenoxy) is 1. The Morgan fingerprint density at radius 2 is 1.87 bits per heavy atom. The van der Waals surface area contributed by atoms with E-state index in [1.54, 1.807) is 30.0 Å². The molecule has 0 aromatic heterocycles. The molecule has 0 saturated carbocycles. The molecule has 6 nitrogen and oxygen atoms in total. The molecule has 2 atom stereocenters. The predicted molar refractivity (Wildman–Crippen MR) is 126 cm³/mol. The molecule has 2 aromatic rings. The van der Waals surface area contributed by atoms with Crippen LogP contribution in [0.1, 0.15) is 41.5 Å². The van der Waals surface area contributed by atoms with Crippen molar-refractivity contribution in [3.05, 3.63) is 46.5 Å². The molecule has 0 bridgehead atoms. The molecule has 1 aliphatic rings. The summed E-state index contributed by atoms with van der Waals surface area (Å²) < 4.78 is 6.26. The third-order valence-electron chi connectivity index (χ3n) is 4.96. The molecule has 3 rings (SSSR count). The summed E-state index contributed by atoms with van der Waals surface area (Å²) in [7, 11) is 0.